The number of hydrogen-bond acceptors (Lipinski definition) is 5. The average molecular weight is 464 g/mol. The number of aryl methyl sites for hydroxylation is 1. The maximum absolute atomic E-state index is 12.3. The van der Waals surface area contributed by atoms with Crippen molar-refractivity contribution in [3.8, 4) is 0 Å². The molecule has 4 N–H and O–H groups in total. The molecule has 0 aliphatic rings. The molecule has 1 aromatic heterocycles. The van der Waals surface area contributed by atoms with Crippen molar-refractivity contribution < 1.29 is 9.59 Å². The molecule has 0 aliphatic carbocycles. The lowest BCUT2D eigenvalue weighted by atomic mass is 10.2. The molecule has 0 saturated carbocycles. The Hall–Kier alpha value is -2.91. The molecule has 0 spiro atoms. The van der Waals surface area contributed by atoms with Gasteiger partial charge in [0.15, 0.2) is 11.5 Å². The second kappa shape index (κ2) is 8.41. The average Bonchev–Trinajstić information content (AvgIpc) is 3.00. The zero-order valence-electron chi connectivity index (χ0n) is 14.7. The van der Waals surface area contributed by atoms with Gasteiger partial charge in [0.25, 0.3) is 5.91 Å². The molecule has 28 heavy (non-hydrogen) atoms. The van der Waals surface area contributed by atoms with Crippen LogP contribution in [-0.4, -0.2) is 26.8 Å². The van der Waals surface area contributed by atoms with Crippen LogP contribution in [0.15, 0.2) is 46.9 Å². The van der Waals surface area contributed by atoms with Gasteiger partial charge in [-0.2, -0.15) is 0 Å². The first-order valence-corrected chi connectivity index (χ1v) is 9.32. The Bertz CT molecular complexity index is 1040. The van der Waals surface area contributed by atoms with Gasteiger partial charge in [-0.1, -0.05) is 38.8 Å². The Morgan fingerprint density at radius 3 is 2.50 bits per heavy atom. The van der Waals surface area contributed by atoms with E-state index in [0.717, 1.165) is 14.7 Å². The number of nitrogens with two attached hydrogens (primary N) is 1. The highest BCUT2D eigenvalue weighted by Crippen LogP contribution is 2.20. The predicted molar refractivity (Wildman–Crippen MR) is 111 cm³/mol. The summed E-state index contributed by atoms with van der Waals surface area (Å²) in [6.45, 7) is 1.67. The van der Waals surface area contributed by atoms with Crippen molar-refractivity contribution in [2.75, 3.05) is 16.4 Å². The van der Waals surface area contributed by atoms with Crippen molar-refractivity contribution in [2.24, 2.45) is 0 Å². The Labute approximate surface area is 174 Å². The van der Waals surface area contributed by atoms with Gasteiger partial charge in [-0.25, -0.2) is 4.68 Å². The molecule has 10 heteroatoms. The summed E-state index contributed by atoms with van der Waals surface area (Å²) in [7, 11) is 0. The summed E-state index contributed by atoms with van der Waals surface area (Å²) in [5, 5.41) is 13.5. The van der Waals surface area contributed by atoms with Gasteiger partial charge in [0.05, 0.1) is 0 Å². The second-order valence-corrected chi connectivity index (χ2v) is 7.28. The van der Waals surface area contributed by atoms with Crippen molar-refractivity contribution >= 4 is 56.5 Å². The van der Waals surface area contributed by atoms with Crippen molar-refractivity contribution in [1.29, 1.82) is 0 Å². The van der Waals surface area contributed by atoms with E-state index in [0.29, 0.717) is 16.4 Å². The van der Waals surface area contributed by atoms with Crippen LogP contribution in [0.2, 0.25) is 5.02 Å². The van der Waals surface area contributed by atoms with E-state index in [1.165, 1.54) is 0 Å². The highest BCUT2D eigenvalue weighted by atomic mass is 79.9. The van der Waals surface area contributed by atoms with Gasteiger partial charge < -0.3 is 16.4 Å². The van der Waals surface area contributed by atoms with Crippen LogP contribution in [0.25, 0.3) is 0 Å². The molecule has 0 fully saturated rings. The van der Waals surface area contributed by atoms with Gasteiger partial charge >= 0.3 is 0 Å². The number of nitrogens with one attached hydrogen (secondary N) is 2. The molecule has 0 unspecified atom stereocenters. The topological polar surface area (TPSA) is 115 Å². The van der Waals surface area contributed by atoms with Gasteiger partial charge in [-0.15, -0.1) is 5.10 Å². The predicted octanol–water partition coefficient (Wildman–Crippen LogP) is 3.48. The number of hydrogen-bond donors (Lipinski definition) is 3. The number of carbonyl (C=O) groups is 2. The molecule has 8 nitrogen and oxygen atoms in total. The maximum atomic E-state index is 12.3. The Kier molecular flexibility index (Phi) is 5.96. The summed E-state index contributed by atoms with van der Waals surface area (Å²) in [5.74, 6) is -0.903. The molecule has 3 aromatic rings. The number of nitrogen functional groups attached to an aromatic ring is 1. The molecule has 2 aromatic carbocycles. The van der Waals surface area contributed by atoms with E-state index in [-0.39, 0.29) is 24.0 Å². The minimum absolute atomic E-state index is 0.00768. The van der Waals surface area contributed by atoms with E-state index >= 15 is 0 Å². The van der Waals surface area contributed by atoms with E-state index in [2.05, 4.69) is 36.9 Å². The van der Waals surface area contributed by atoms with Crippen LogP contribution in [0.5, 0.6) is 0 Å². The SMILES string of the molecule is Cc1ccc(NC(=O)Cn2nnc(C(=O)Nc3ccc(Br)cc3)c2N)cc1Cl. The first kappa shape index (κ1) is 19.8. The van der Waals surface area contributed by atoms with E-state index in [1.807, 2.05) is 6.92 Å². The van der Waals surface area contributed by atoms with Crippen LogP contribution >= 0.6 is 27.5 Å². The third-order valence-corrected chi connectivity index (χ3v) is 4.78. The van der Waals surface area contributed by atoms with Crippen LogP contribution in [-0.2, 0) is 11.3 Å². The monoisotopic (exact) mass is 462 g/mol. The highest BCUT2D eigenvalue weighted by molar-refractivity contribution is 9.10. The third kappa shape index (κ3) is 4.68. The van der Waals surface area contributed by atoms with Gasteiger partial charge in [0, 0.05) is 20.9 Å². The number of amides is 2. The number of carbonyl (C=O) groups excluding carboxylic acids is 2. The summed E-state index contributed by atoms with van der Waals surface area (Å²) in [6, 6.07) is 12.2. The van der Waals surface area contributed by atoms with E-state index in [9.17, 15) is 9.59 Å². The number of aromatic nitrogens is 3. The molecule has 0 bridgehead atoms. The molecule has 0 radical (unpaired) electrons. The van der Waals surface area contributed by atoms with Crippen LogP contribution in [0.1, 0.15) is 16.1 Å². The maximum Gasteiger partial charge on any atom is 0.280 e. The summed E-state index contributed by atoms with van der Waals surface area (Å²) in [4.78, 5) is 24.6. The van der Waals surface area contributed by atoms with Gasteiger partial charge in [-0.3, -0.25) is 9.59 Å². The standard InChI is InChI=1S/C18H16BrClN6O2/c1-10-2-5-13(8-14(10)20)22-15(27)9-26-17(21)16(24-25-26)18(28)23-12-6-3-11(19)4-7-12/h2-8H,9,21H2,1H3,(H,22,27)(H,23,28). The summed E-state index contributed by atoms with van der Waals surface area (Å²) in [6.07, 6.45) is 0. The molecule has 0 atom stereocenters. The third-order valence-electron chi connectivity index (χ3n) is 3.84. The Morgan fingerprint density at radius 2 is 1.82 bits per heavy atom. The fraction of sp³-hybridized carbons (Fsp3) is 0.111. The first-order chi connectivity index (χ1) is 13.3. The molecule has 3 rings (SSSR count). The van der Waals surface area contributed by atoms with Crippen LogP contribution in [0, 0.1) is 6.92 Å². The normalized spacial score (nSPS) is 10.5. The van der Waals surface area contributed by atoms with Crippen molar-refractivity contribution in [1.82, 2.24) is 15.0 Å². The Morgan fingerprint density at radius 1 is 1.14 bits per heavy atom. The lowest BCUT2D eigenvalue weighted by Gasteiger charge is -2.08. The number of nitrogens with zero attached hydrogens (tertiary/aromatic N) is 3. The van der Waals surface area contributed by atoms with Crippen molar-refractivity contribution in [2.45, 2.75) is 13.5 Å². The Balaban J connectivity index is 1.66. The van der Waals surface area contributed by atoms with Crippen molar-refractivity contribution in [3.63, 3.8) is 0 Å². The number of benzene rings is 2. The molecular weight excluding hydrogens is 448 g/mol. The lowest BCUT2D eigenvalue weighted by Crippen LogP contribution is -2.21. The largest absolute Gasteiger partial charge is 0.382 e. The van der Waals surface area contributed by atoms with E-state index < -0.39 is 5.91 Å². The fourth-order valence-corrected chi connectivity index (χ4v) is 2.77. The van der Waals surface area contributed by atoms with Crippen molar-refractivity contribution in [3.05, 3.63) is 63.2 Å². The van der Waals surface area contributed by atoms with Crippen LogP contribution in [0.4, 0.5) is 17.2 Å². The summed E-state index contributed by atoms with van der Waals surface area (Å²) in [5.41, 5.74) is 7.91. The van der Waals surface area contributed by atoms with Crippen LogP contribution in [0.3, 0.4) is 0 Å². The summed E-state index contributed by atoms with van der Waals surface area (Å²) < 4.78 is 2.04. The molecule has 2 amide bonds. The van der Waals surface area contributed by atoms with Gasteiger partial charge in [0.2, 0.25) is 5.91 Å². The smallest absolute Gasteiger partial charge is 0.280 e. The highest BCUT2D eigenvalue weighted by Gasteiger charge is 2.19. The van der Waals surface area contributed by atoms with E-state index in [1.54, 1.807) is 42.5 Å². The zero-order valence-corrected chi connectivity index (χ0v) is 17.1. The first-order valence-electron chi connectivity index (χ1n) is 8.15. The summed E-state index contributed by atoms with van der Waals surface area (Å²) >= 11 is 9.37. The molecule has 144 valence electrons. The minimum atomic E-state index is -0.517. The number of halogens is 2. The van der Waals surface area contributed by atoms with Crippen LogP contribution < -0.4 is 16.4 Å². The second-order valence-electron chi connectivity index (χ2n) is 5.95. The number of rotatable bonds is 5. The molecular formula is C18H16BrClN6O2. The zero-order chi connectivity index (χ0) is 20.3. The quantitative estimate of drug-likeness (QED) is 0.536. The lowest BCUT2D eigenvalue weighted by molar-refractivity contribution is -0.116. The number of anilines is 3. The van der Waals surface area contributed by atoms with Gasteiger partial charge in [0.1, 0.15) is 6.54 Å². The minimum Gasteiger partial charge on any atom is -0.382 e. The fourth-order valence-electron chi connectivity index (χ4n) is 2.33. The molecule has 1 heterocycles. The molecule has 0 aliphatic heterocycles. The van der Waals surface area contributed by atoms with E-state index in [4.69, 9.17) is 17.3 Å². The van der Waals surface area contributed by atoms with Gasteiger partial charge in [-0.05, 0) is 48.9 Å². The molecule has 0 saturated heterocycles.